The molecule has 0 aromatic heterocycles. The van der Waals surface area contributed by atoms with E-state index in [-0.39, 0.29) is 0 Å². The first-order valence-corrected chi connectivity index (χ1v) is 8.38. The van der Waals surface area contributed by atoms with Gasteiger partial charge in [0, 0.05) is 12.1 Å². The van der Waals surface area contributed by atoms with Crippen LogP contribution in [0.3, 0.4) is 0 Å². The van der Waals surface area contributed by atoms with Crippen molar-refractivity contribution in [1.29, 1.82) is 0 Å². The Morgan fingerprint density at radius 2 is 1.95 bits per heavy atom. The quantitative estimate of drug-likeness (QED) is 0.745. The lowest BCUT2D eigenvalue weighted by Crippen LogP contribution is -2.39. The van der Waals surface area contributed by atoms with Crippen LogP contribution in [-0.2, 0) is 6.42 Å². The Morgan fingerprint density at radius 1 is 1.25 bits per heavy atom. The van der Waals surface area contributed by atoms with Crippen molar-refractivity contribution in [2.45, 2.75) is 78.3 Å². The van der Waals surface area contributed by atoms with Crippen LogP contribution in [-0.4, -0.2) is 6.04 Å². The van der Waals surface area contributed by atoms with Crippen molar-refractivity contribution in [1.82, 2.24) is 5.32 Å². The van der Waals surface area contributed by atoms with Crippen LogP contribution in [0, 0.1) is 5.41 Å². The Kier molecular flexibility index (Phi) is 5.26. The molecule has 0 radical (unpaired) electrons. The van der Waals surface area contributed by atoms with E-state index in [1.54, 1.807) is 0 Å². The lowest BCUT2D eigenvalue weighted by atomic mass is 9.86. The molecule has 1 nitrogen and oxygen atoms in total. The molecule has 0 bridgehead atoms. The zero-order valence-electron chi connectivity index (χ0n) is 13.7. The number of nitrogens with one attached hydrogen (secondary N) is 1. The van der Waals surface area contributed by atoms with Gasteiger partial charge in [-0.15, -0.1) is 0 Å². The standard InChI is InChI=1S/C19H31N/c1-5-6-8-16-10-12-17(13-11-16)15(2)20-18-9-7-14-19(18,3)4/h10-13,15,18,20H,5-9,14H2,1-4H3. The predicted molar refractivity (Wildman–Crippen MR) is 88.0 cm³/mol. The molecule has 112 valence electrons. The Labute approximate surface area is 125 Å². The van der Waals surface area contributed by atoms with E-state index in [0.717, 1.165) is 0 Å². The molecule has 1 aromatic rings. The van der Waals surface area contributed by atoms with Crippen LogP contribution >= 0.6 is 0 Å². The minimum atomic E-state index is 0.454. The second-order valence-corrected chi connectivity index (χ2v) is 7.17. The molecule has 20 heavy (non-hydrogen) atoms. The number of unbranched alkanes of at least 4 members (excludes halogenated alkanes) is 1. The van der Waals surface area contributed by atoms with Crippen LogP contribution in [0.25, 0.3) is 0 Å². The highest BCUT2D eigenvalue weighted by atomic mass is 15.0. The van der Waals surface area contributed by atoms with Crippen molar-refractivity contribution in [3.63, 3.8) is 0 Å². The smallest absolute Gasteiger partial charge is 0.0294 e. The molecule has 2 rings (SSSR count). The van der Waals surface area contributed by atoms with E-state index in [1.807, 2.05) is 0 Å². The summed E-state index contributed by atoms with van der Waals surface area (Å²) in [5.41, 5.74) is 3.35. The van der Waals surface area contributed by atoms with E-state index in [0.29, 0.717) is 17.5 Å². The Bertz CT molecular complexity index is 404. The van der Waals surface area contributed by atoms with Gasteiger partial charge in [0.2, 0.25) is 0 Å². The molecule has 2 atom stereocenters. The first-order chi connectivity index (χ1) is 9.53. The maximum Gasteiger partial charge on any atom is 0.0294 e. The number of aryl methyl sites for hydroxylation is 1. The average molecular weight is 273 g/mol. The summed E-state index contributed by atoms with van der Waals surface area (Å²) in [5, 5.41) is 3.85. The van der Waals surface area contributed by atoms with E-state index in [4.69, 9.17) is 0 Å². The van der Waals surface area contributed by atoms with Crippen molar-refractivity contribution in [3.8, 4) is 0 Å². The van der Waals surface area contributed by atoms with Gasteiger partial charge in [0.05, 0.1) is 0 Å². The third-order valence-electron chi connectivity index (χ3n) is 5.01. The van der Waals surface area contributed by atoms with Gasteiger partial charge in [0.15, 0.2) is 0 Å². The van der Waals surface area contributed by atoms with Gasteiger partial charge in [-0.3, -0.25) is 0 Å². The number of hydrogen-bond acceptors (Lipinski definition) is 1. The summed E-state index contributed by atoms with van der Waals surface area (Å²) in [7, 11) is 0. The minimum Gasteiger partial charge on any atom is -0.307 e. The normalized spacial score (nSPS) is 22.9. The molecule has 1 fully saturated rings. The molecule has 0 amide bonds. The highest BCUT2D eigenvalue weighted by Crippen LogP contribution is 2.38. The van der Waals surface area contributed by atoms with Gasteiger partial charge in [0.1, 0.15) is 0 Å². The van der Waals surface area contributed by atoms with Crippen molar-refractivity contribution in [3.05, 3.63) is 35.4 Å². The average Bonchev–Trinajstić information content (AvgIpc) is 2.76. The molecule has 0 saturated heterocycles. The van der Waals surface area contributed by atoms with E-state index in [1.165, 1.54) is 49.7 Å². The fraction of sp³-hybridized carbons (Fsp3) is 0.684. The van der Waals surface area contributed by atoms with Crippen LogP contribution in [0.4, 0.5) is 0 Å². The summed E-state index contributed by atoms with van der Waals surface area (Å²) in [6.45, 7) is 9.36. The molecule has 1 N–H and O–H groups in total. The second-order valence-electron chi connectivity index (χ2n) is 7.17. The molecule has 1 saturated carbocycles. The van der Waals surface area contributed by atoms with Crippen LogP contribution in [0.15, 0.2) is 24.3 Å². The maximum atomic E-state index is 3.85. The highest BCUT2D eigenvalue weighted by Gasteiger charge is 2.34. The topological polar surface area (TPSA) is 12.0 Å². The van der Waals surface area contributed by atoms with Crippen LogP contribution < -0.4 is 5.32 Å². The maximum absolute atomic E-state index is 3.85. The Morgan fingerprint density at radius 3 is 2.50 bits per heavy atom. The minimum absolute atomic E-state index is 0.454. The lowest BCUT2D eigenvalue weighted by Gasteiger charge is -2.31. The van der Waals surface area contributed by atoms with Crippen molar-refractivity contribution < 1.29 is 0 Å². The molecule has 1 heteroatoms. The van der Waals surface area contributed by atoms with Gasteiger partial charge >= 0.3 is 0 Å². The molecular weight excluding hydrogens is 242 g/mol. The summed E-state index contributed by atoms with van der Waals surface area (Å²) in [6, 6.07) is 10.4. The van der Waals surface area contributed by atoms with Crippen LogP contribution in [0.2, 0.25) is 0 Å². The third kappa shape index (κ3) is 3.85. The number of rotatable bonds is 6. The molecule has 1 aliphatic carbocycles. The van der Waals surface area contributed by atoms with Crippen molar-refractivity contribution in [2.24, 2.45) is 5.41 Å². The fourth-order valence-electron chi connectivity index (χ4n) is 3.39. The van der Waals surface area contributed by atoms with Gasteiger partial charge in [-0.05, 0) is 49.1 Å². The summed E-state index contributed by atoms with van der Waals surface area (Å²) in [5.74, 6) is 0. The zero-order valence-corrected chi connectivity index (χ0v) is 13.7. The van der Waals surface area contributed by atoms with Crippen LogP contribution in [0.1, 0.15) is 77.0 Å². The van der Waals surface area contributed by atoms with Gasteiger partial charge in [-0.25, -0.2) is 0 Å². The zero-order chi connectivity index (χ0) is 14.6. The summed E-state index contributed by atoms with van der Waals surface area (Å²) in [4.78, 5) is 0. The second kappa shape index (κ2) is 6.76. The first kappa shape index (κ1) is 15.6. The predicted octanol–water partition coefficient (Wildman–Crippen LogP) is 5.26. The Hall–Kier alpha value is -0.820. The SMILES string of the molecule is CCCCc1ccc(C(C)NC2CCCC2(C)C)cc1. The van der Waals surface area contributed by atoms with Crippen molar-refractivity contribution in [2.75, 3.05) is 0 Å². The number of benzene rings is 1. The largest absolute Gasteiger partial charge is 0.307 e. The van der Waals surface area contributed by atoms with E-state index in [2.05, 4.69) is 57.3 Å². The molecule has 0 heterocycles. The van der Waals surface area contributed by atoms with Gasteiger partial charge in [0.25, 0.3) is 0 Å². The van der Waals surface area contributed by atoms with Gasteiger partial charge < -0.3 is 5.32 Å². The molecule has 0 spiro atoms. The van der Waals surface area contributed by atoms with Gasteiger partial charge in [-0.2, -0.15) is 0 Å². The van der Waals surface area contributed by atoms with E-state index >= 15 is 0 Å². The monoisotopic (exact) mass is 273 g/mol. The molecule has 1 aromatic carbocycles. The number of hydrogen-bond donors (Lipinski definition) is 1. The Balaban J connectivity index is 1.93. The van der Waals surface area contributed by atoms with Gasteiger partial charge in [-0.1, -0.05) is 57.9 Å². The molecule has 1 aliphatic rings. The molecule has 0 aliphatic heterocycles. The van der Waals surface area contributed by atoms with E-state index in [9.17, 15) is 0 Å². The molecule has 2 unspecified atom stereocenters. The van der Waals surface area contributed by atoms with E-state index < -0.39 is 0 Å². The van der Waals surface area contributed by atoms with Crippen molar-refractivity contribution >= 4 is 0 Å². The summed E-state index contributed by atoms with van der Waals surface area (Å²) in [6.07, 6.45) is 7.83. The first-order valence-electron chi connectivity index (χ1n) is 8.38. The highest BCUT2D eigenvalue weighted by molar-refractivity contribution is 5.25. The van der Waals surface area contributed by atoms with Crippen LogP contribution in [0.5, 0.6) is 0 Å². The molecular formula is C19H31N. The third-order valence-corrected chi connectivity index (χ3v) is 5.01. The summed E-state index contributed by atoms with van der Waals surface area (Å²) < 4.78 is 0. The fourth-order valence-corrected chi connectivity index (χ4v) is 3.39. The summed E-state index contributed by atoms with van der Waals surface area (Å²) >= 11 is 0. The lowest BCUT2D eigenvalue weighted by molar-refractivity contribution is 0.266.